The second kappa shape index (κ2) is 3.35. The van der Waals surface area contributed by atoms with Crippen molar-refractivity contribution in [3.8, 4) is 0 Å². The minimum Gasteiger partial charge on any atom is -0.452 e. The number of methoxy groups -OCH3 is 1. The van der Waals surface area contributed by atoms with Crippen molar-refractivity contribution in [1.82, 2.24) is 4.57 Å². The number of aromatic nitrogens is 1. The summed E-state index contributed by atoms with van der Waals surface area (Å²) >= 11 is 5.95. The van der Waals surface area contributed by atoms with Gasteiger partial charge in [-0.15, -0.1) is 0 Å². The minimum atomic E-state index is -0.437. The third-order valence-corrected chi connectivity index (χ3v) is 2.34. The number of hydrogen-bond donors (Lipinski definition) is 0. The molecule has 0 aliphatic carbocycles. The summed E-state index contributed by atoms with van der Waals surface area (Å²) in [4.78, 5) is 11.3. The first-order chi connectivity index (χ1) is 6.74. The maximum Gasteiger partial charge on any atom is 0.418 e. The van der Waals surface area contributed by atoms with Gasteiger partial charge in [0.15, 0.2) is 0 Å². The molecule has 0 spiro atoms. The predicted molar refractivity (Wildman–Crippen MR) is 54.8 cm³/mol. The number of carbonyl (C=O) groups is 1. The topological polar surface area (TPSA) is 31.2 Å². The highest BCUT2D eigenvalue weighted by atomic mass is 35.5. The van der Waals surface area contributed by atoms with Gasteiger partial charge in [-0.05, 0) is 6.07 Å². The van der Waals surface area contributed by atoms with Crippen molar-refractivity contribution in [1.29, 1.82) is 0 Å². The number of carbonyl (C=O) groups excluding carboxylic acids is 1. The quantitative estimate of drug-likeness (QED) is 0.668. The predicted octanol–water partition coefficient (Wildman–Crippen LogP) is 2.91. The average Bonchev–Trinajstić information content (AvgIpc) is 2.56. The van der Waals surface area contributed by atoms with Crippen molar-refractivity contribution in [3.05, 3.63) is 35.5 Å². The van der Waals surface area contributed by atoms with Gasteiger partial charge in [-0.2, -0.15) is 0 Å². The van der Waals surface area contributed by atoms with E-state index in [0.717, 1.165) is 10.9 Å². The third kappa shape index (κ3) is 1.26. The van der Waals surface area contributed by atoms with Crippen LogP contribution in [-0.2, 0) is 4.74 Å². The molecule has 0 fully saturated rings. The van der Waals surface area contributed by atoms with E-state index in [1.54, 1.807) is 6.20 Å². The molecule has 0 radical (unpaired) electrons. The van der Waals surface area contributed by atoms with Crippen molar-refractivity contribution in [2.24, 2.45) is 0 Å². The van der Waals surface area contributed by atoms with E-state index >= 15 is 0 Å². The SMILES string of the molecule is COC(=O)n1cc(Cl)c2ccccc21. The summed E-state index contributed by atoms with van der Waals surface area (Å²) in [6.45, 7) is 0. The van der Waals surface area contributed by atoms with Gasteiger partial charge in [0.1, 0.15) is 0 Å². The van der Waals surface area contributed by atoms with Crippen LogP contribution in [0, 0.1) is 0 Å². The van der Waals surface area contributed by atoms with Gasteiger partial charge in [0, 0.05) is 11.6 Å². The van der Waals surface area contributed by atoms with Gasteiger partial charge in [-0.25, -0.2) is 4.79 Å². The summed E-state index contributed by atoms with van der Waals surface area (Å²) in [5, 5.41) is 1.39. The Morgan fingerprint density at radius 3 is 2.86 bits per heavy atom. The molecule has 14 heavy (non-hydrogen) atoms. The van der Waals surface area contributed by atoms with Crippen LogP contribution in [0.1, 0.15) is 0 Å². The van der Waals surface area contributed by atoms with E-state index in [-0.39, 0.29) is 0 Å². The van der Waals surface area contributed by atoms with Gasteiger partial charge < -0.3 is 4.74 Å². The zero-order chi connectivity index (χ0) is 10.1. The van der Waals surface area contributed by atoms with Gasteiger partial charge >= 0.3 is 6.09 Å². The maximum atomic E-state index is 11.3. The Balaban J connectivity index is 2.72. The molecule has 1 heterocycles. The molecule has 3 nitrogen and oxygen atoms in total. The van der Waals surface area contributed by atoms with E-state index in [2.05, 4.69) is 4.74 Å². The average molecular weight is 210 g/mol. The van der Waals surface area contributed by atoms with Crippen molar-refractivity contribution < 1.29 is 9.53 Å². The van der Waals surface area contributed by atoms with Crippen molar-refractivity contribution in [3.63, 3.8) is 0 Å². The Bertz CT molecular complexity index is 490. The van der Waals surface area contributed by atoms with Crippen LogP contribution in [-0.4, -0.2) is 17.8 Å². The maximum absolute atomic E-state index is 11.3. The number of nitrogens with zero attached hydrogens (tertiary/aromatic N) is 1. The Hall–Kier alpha value is -1.48. The lowest BCUT2D eigenvalue weighted by atomic mass is 10.2. The molecule has 1 aromatic carbocycles. The molecule has 0 saturated carbocycles. The summed E-state index contributed by atoms with van der Waals surface area (Å²) in [6.07, 6.45) is 1.12. The molecule has 0 atom stereocenters. The standard InChI is InChI=1S/C10H8ClNO2/c1-14-10(13)12-6-8(11)7-4-2-3-5-9(7)12/h2-6H,1H3. The lowest BCUT2D eigenvalue weighted by Crippen LogP contribution is -2.09. The second-order valence-electron chi connectivity index (χ2n) is 2.83. The first-order valence-corrected chi connectivity index (χ1v) is 4.45. The normalized spacial score (nSPS) is 10.4. The first kappa shape index (κ1) is 9.09. The molecule has 0 amide bonds. The number of ether oxygens (including phenoxy) is 1. The molecule has 2 rings (SSSR count). The van der Waals surface area contributed by atoms with Crippen LogP contribution in [0.4, 0.5) is 4.79 Å². The Kier molecular flexibility index (Phi) is 2.17. The van der Waals surface area contributed by atoms with Crippen molar-refractivity contribution >= 4 is 28.6 Å². The van der Waals surface area contributed by atoms with Gasteiger partial charge in [0.05, 0.1) is 17.6 Å². The largest absolute Gasteiger partial charge is 0.452 e. The number of hydrogen-bond acceptors (Lipinski definition) is 2. The van der Waals surface area contributed by atoms with E-state index < -0.39 is 6.09 Å². The first-order valence-electron chi connectivity index (χ1n) is 4.08. The van der Waals surface area contributed by atoms with Crippen LogP contribution in [0.15, 0.2) is 30.5 Å². The van der Waals surface area contributed by atoms with E-state index in [4.69, 9.17) is 11.6 Å². The Morgan fingerprint density at radius 2 is 2.14 bits per heavy atom. The van der Waals surface area contributed by atoms with Crippen LogP contribution in [0.25, 0.3) is 10.9 Å². The molecular formula is C10H8ClNO2. The molecule has 72 valence electrons. The molecule has 4 heteroatoms. The van der Waals surface area contributed by atoms with E-state index in [9.17, 15) is 4.79 Å². The van der Waals surface area contributed by atoms with Gasteiger partial charge in [-0.1, -0.05) is 29.8 Å². The smallest absolute Gasteiger partial charge is 0.418 e. The number of rotatable bonds is 0. The molecule has 0 aliphatic rings. The van der Waals surface area contributed by atoms with E-state index in [0.29, 0.717) is 5.02 Å². The van der Waals surface area contributed by atoms with E-state index in [1.807, 2.05) is 24.3 Å². The molecule has 1 aromatic heterocycles. The summed E-state index contributed by atoms with van der Waals surface area (Å²) < 4.78 is 6.01. The highest BCUT2D eigenvalue weighted by molar-refractivity contribution is 6.35. The van der Waals surface area contributed by atoms with Gasteiger partial charge in [0.25, 0.3) is 0 Å². The molecule has 2 aromatic rings. The lowest BCUT2D eigenvalue weighted by molar-refractivity contribution is 0.174. The molecule has 0 aliphatic heterocycles. The summed E-state index contributed by atoms with van der Waals surface area (Å²) in [5.74, 6) is 0. The summed E-state index contributed by atoms with van der Waals surface area (Å²) in [5.41, 5.74) is 0.754. The number of para-hydroxylation sites is 1. The Labute approximate surface area is 85.8 Å². The van der Waals surface area contributed by atoms with Gasteiger partial charge in [0.2, 0.25) is 0 Å². The second-order valence-corrected chi connectivity index (χ2v) is 3.24. The fourth-order valence-corrected chi connectivity index (χ4v) is 1.64. The third-order valence-electron chi connectivity index (χ3n) is 2.03. The zero-order valence-corrected chi connectivity index (χ0v) is 8.28. The molecule has 0 N–H and O–H groups in total. The van der Waals surface area contributed by atoms with Crippen LogP contribution in [0.3, 0.4) is 0 Å². The monoisotopic (exact) mass is 209 g/mol. The molecule has 0 unspecified atom stereocenters. The van der Waals surface area contributed by atoms with Crippen LogP contribution in [0.5, 0.6) is 0 Å². The van der Waals surface area contributed by atoms with Crippen LogP contribution in [0.2, 0.25) is 5.02 Å². The van der Waals surface area contributed by atoms with Crippen molar-refractivity contribution in [2.75, 3.05) is 7.11 Å². The minimum absolute atomic E-state index is 0.437. The lowest BCUT2D eigenvalue weighted by Gasteiger charge is -2.00. The van der Waals surface area contributed by atoms with Crippen molar-refractivity contribution in [2.45, 2.75) is 0 Å². The van der Waals surface area contributed by atoms with E-state index in [1.165, 1.54) is 11.7 Å². The molecule has 0 saturated heterocycles. The number of halogens is 1. The number of fused-ring (bicyclic) bond motifs is 1. The number of benzene rings is 1. The fourth-order valence-electron chi connectivity index (χ4n) is 1.39. The zero-order valence-electron chi connectivity index (χ0n) is 7.53. The molecule has 0 bridgehead atoms. The Morgan fingerprint density at radius 1 is 1.43 bits per heavy atom. The van der Waals surface area contributed by atoms with Crippen LogP contribution < -0.4 is 0 Å². The highest BCUT2D eigenvalue weighted by Crippen LogP contribution is 2.25. The van der Waals surface area contributed by atoms with Gasteiger partial charge in [-0.3, -0.25) is 4.57 Å². The molecular weight excluding hydrogens is 202 g/mol. The fraction of sp³-hybridized carbons (Fsp3) is 0.100. The highest BCUT2D eigenvalue weighted by Gasteiger charge is 2.11. The summed E-state index contributed by atoms with van der Waals surface area (Å²) in [6, 6.07) is 7.39. The van der Waals surface area contributed by atoms with Crippen LogP contribution >= 0.6 is 11.6 Å². The summed E-state index contributed by atoms with van der Waals surface area (Å²) in [7, 11) is 1.34.